The number of nitrogens with one attached hydrogen (secondary N) is 1. The first kappa shape index (κ1) is 31.7. The Hall–Kier alpha value is -3.69. The van der Waals surface area contributed by atoms with Gasteiger partial charge in [0.2, 0.25) is 5.89 Å². The molecular weight excluding hydrogens is 626 g/mol. The fraction of sp³-hybridized carbons (Fsp3) is 0.481. The van der Waals surface area contributed by atoms with Crippen LogP contribution in [0.15, 0.2) is 22.6 Å². The van der Waals surface area contributed by atoms with Crippen molar-refractivity contribution in [3.8, 4) is 11.6 Å². The van der Waals surface area contributed by atoms with Gasteiger partial charge in [0, 0.05) is 56.8 Å². The Morgan fingerprint density at radius 3 is 2.48 bits per heavy atom. The number of benzene rings is 1. The molecule has 2 fully saturated rings. The Labute approximate surface area is 260 Å². The molecule has 4 heterocycles. The van der Waals surface area contributed by atoms with Crippen LogP contribution in [-0.2, 0) is 4.79 Å². The van der Waals surface area contributed by atoms with Crippen molar-refractivity contribution in [2.75, 3.05) is 48.7 Å². The minimum Gasteiger partial charge on any atom is -0.420 e. The average Bonchev–Trinajstić information content (AvgIpc) is 3.43. The summed E-state index contributed by atoms with van der Waals surface area (Å²) in [6.07, 6.45) is -2.91. The second-order valence-corrected chi connectivity index (χ2v) is 11.4. The summed E-state index contributed by atoms with van der Waals surface area (Å²) in [7, 11) is 0. The molecule has 2 amide bonds. The number of anilines is 3. The molecule has 0 spiro atoms. The van der Waals surface area contributed by atoms with E-state index < -0.39 is 18.0 Å². The highest BCUT2D eigenvalue weighted by Crippen LogP contribution is 2.33. The maximum atomic E-state index is 13.3. The number of aryl methyl sites for hydroxylation is 1. The van der Waals surface area contributed by atoms with E-state index in [9.17, 15) is 22.8 Å². The molecule has 236 valence electrons. The second-order valence-electron chi connectivity index (χ2n) is 10.6. The summed E-state index contributed by atoms with van der Waals surface area (Å²) in [6, 6.07) is 4.22. The molecule has 5 rings (SSSR count). The zero-order valence-electron chi connectivity index (χ0n) is 23.9. The molecule has 3 N–H and O–H groups in total. The fourth-order valence-electron chi connectivity index (χ4n) is 5.65. The van der Waals surface area contributed by atoms with E-state index in [2.05, 4.69) is 36.9 Å². The van der Waals surface area contributed by atoms with Crippen LogP contribution >= 0.6 is 23.2 Å². The van der Waals surface area contributed by atoms with Gasteiger partial charge in [-0.2, -0.15) is 13.2 Å². The third-order valence-corrected chi connectivity index (χ3v) is 8.32. The lowest BCUT2D eigenvalue weighted by Crippen LogP contribution is -2.58. The van der Waals surface area contributed by atoms with E-state index in [1.807, 2.05) is 0 Å². The molecule has 1 aromatic carbocycles. The van der Waals surface area contributed by atoms with Gasteiger partial charge < -0.3 is 25.3 Å². The van der Waals surface area contributed by atoms with Crippen molar-refractivity contribution in [1.29, 1.82) is 0 Å². The summed E-state index contributed by atoms with van der Waals surface area (Å²) in [5, 5.41) is 9.78. The van der Waals surface area contributed by atoms with Crippen LogP contribution < -0.4 is 16.0 Å². The summed E-state index contributed by atoms with van der Waals surface area (Å²) < 4.78 is 44.0. The Morgan fingerprint density at radius 1 is 1.11 bits per heavy atom. The lowest BCUT2D eigenvalue weighted by atomic mass is 9.97. The molecule has 0 saturated carbocycles. The normalized spacial score (nSPS) is 18.5. The zero-order valence-corrected chi connectivity index (χ0v) is 25.4. The molecule has 3 aromatic rings. The smallest absolute Gasteiger partial charge is 0.420 e. The van der Waals surface area contributed by atoms with Crippen molar-refractivity contribution in [3.63, 3.8) is 0 Å². The number of aromatic nitrogens is 4. The standard InChI is InChI=1S/C27H30Cl2F3N9O3/c1-3-16-13-40(23-21(29)35-20(22(33)36-23)24-38-37-14(2)44-24)10-11-41(16)17-6-8-39(9-7-17)25(42)18-5-4-15(28)12-19(18)34-26(43)27(30,31)32/h4-5,12,16-17H,3,6-11,13H2,1-2H3,(H2,33,36)(H,34,43). The van der Waals surface area contributed by atoms with Gasteiger partial charge in [0.15, 0.2) is 22.5 Å². The molecule has 0 bridgehead atoms. The van der Waals surface area contributed by atoms with Crippen LogP contribution in [0, 0.1) is 6.92 Å². The van der Waals surface area contributed by atoms with Gasteiger partial charge in [0.1, 0.15) is 0 Å². The second kappa shape index (κ2) is 12.7. The number of halogens is 5. The van der Waals surface area contributed by atoms with Crippen molar-refractivity contribution < 1.29 is 27.2 Å². The number of hydrogen-bond acceptors (Lipinski definition) is 10. The van der Waals surface area contributed by atoms with Crippen LogP contribution in [0.5, 0.6) is 0 Å². The van der Waals surface area contributed by atoms with E-state index in [0.29, 0.717) is 57.3 Å². The van der Waals surface area contributed by atoms with Gasteiger partial charge in [-0.15, -0.1) is 10.2 Å². The quantitative estimate of drug-likeness (QED) is 0.391. The topological polar surface area (TPSA) is 147 Å². The van der Waals surface area contributed by atoms with Crippen molar-refractivity contribution in [3.05, 3.63) is 39.8 Å². The Bertz CT molecular complexity index is 1550. The van der Waals surface area contributed by atoms with Gasteiger partial charge >= 0.3 is 12.1 Å². The summed E-state index contributed by atoms with van der Waals surface area (Å²) in [5.41, 5.74) is 6.07. The van der Waals surface area contributed by atoms with E-state index >= 15 is 0 Å². The summed E-state index contributed by atoms with van der Waals surface area (Å²) in [4.78, 5) is 39.8. The van der Waals surface area contributed by atoms with E-state index in [0.717, 1.165) is 12.5 Å². The number of likely N-dealkylation sites (tertiary alicyclic amines) is 1. The third kappa shape index (κ3) is 6.69. The number of carbonyl (C=O) groups excluding carboxylic acids is 2. The monoisotopic (exact) mass is 655 g/mol. The van der Waals surface area contributed by atoms with E-state index in [-0.39, 0.29) is 50.9 Å². The van der Waals surface area contributed by atoms with Crippen LogP contribution in [0.2, 0.25) is 10.2 Å². The van der Waals surface area contributed by atoms with Crippen LogP contribution in [-0.4, -0.2) is 92.8 Å². The summed E-state index contributed by atoms with van der Waals surface area (Å²) >= 11 is 12.5. The highest BCUT2D eigenvalue weighted by molar-refractivity contribution is 6.32. The minimum atomic E-state index is -5.11. The lowest BCUT2D eigenvalue weighted by Gasteiger charge is -2.47. The molecular formula is C27H30Cl2F3N9O3. The highest BCUT2D eigenvalue weighted by Gasteiger charge is 2.40. The van der Waals surface area contributed by atoms with Crippen molar-refractivity contribution in [2.45, 2.75) is 51.4 Å². The molecule has 2 aliphatic heterocycles. The van der Waals surface area contributed by atoms with Gasteiger partial charge in [-0.05, 0) is 37.5 Å². The molecule has 2 aliphatic rings. The maximum Gasteiger partial charge on any atom is 0.471 e. The number of carbonyl (C=O) groups is 2. The summed E-state index contributed by atoms with van der Waals surface area (Å²) in [5.74, 6) is -1.55. The van der Waals surface area contributed by atoms with E-state index in [4.69, 9.17) is 33.4 Å². The first-order chi connectivity index (χ1) is 20.8. The molecule has 0 aliphatic carbocycles. The first-order valence-electron chi connectivity index (χ1n) is 14.0. The molecule has 0 radical (unpaired) electrons. The fourth-order valence-corrected chi connectivity index (χ4v) is 6.06. The Morgan fingerprint density at radius 2 is 1.84 bits per heavy atom. The van der Waals surface area contributed by atoms with Gasteiger partial charge in [0.05, 0.1) is 11.3 Å². The molecule has 2 saturated heterocycles. The first-order valence-corrected chi connectivity index (χ1v) is 14.7. The van der Waals surface area contributed by atoms with Gasteiger partial charge in [-0.25, -0.2) is 9.97 Å². The van der Waals surface area contributed by atoms with Crippen LogP contribution in [0.25, 0.3) is 11.6 Å². The molecule has 17 heteroatoms. The Kier molecular flexibility index (Phi) is 9.18. The van der Waals surface area contributed by atoms with Crippen LogP contribution in [0.3, 0.4) is 0 Å². The largest absolute Gasteiger partial charge is 0.471 e. The van der Waals surface area contributed by atoms with E-state index in [1.165, 1.54) is 12.1 Å². The number of nitrogens with two attached hydrogens (primary N) is 1. The van der Waals surface area contributed by atoms with Crippen molar-refractivity contribution in [2.24, 2.45) is 0 Å². The number of alkyl halides is 3. The van der Waals surface area contributed by atoms with Crippen LogP contribution in [0.1, 0.15) is 42.4 Å². The lowest BCUT2D eigenvalue weighted by molar-refractivity contribution is -0.167. The minimum absolute atomic E-state index is 0.0528. The molecule has 2 aromatic heterocycles. The number of nitrogen functional groups attached to an aromatic ring is 1. The van der Waals surface area contributed by atoms with Gasteiger partial charge in [-0.3, -0.25) is 14.5 Å². The predicted molar refractivity (Wildman–Crippen MR) is 158 cm³/mol. The van der Waals surface area contributed by atoms with Gasteiger partial charge in [0.25, 0.3) is 11.8 Å². The average molecular weight is 656 g/mol. The summed E-state index contributed by atoms with van der Waals surface area (Å²) in [6.45, 7) is 6.52. The molecule has 1 unspecified atom stereocenters. The number of hydrogen-bond donors (Lipinski definition) is 2. The number of piperazine rings is 1. The number of amides is 2. The third-order valence-electron chi connectivity index (χ3n) is 7.83. The van der Waals surface area contributed by atoms with Gasteiger partial charge in [-0.1, -0.05) is 30.1 Å². The Balaban J connectivity index is 1.23. The predicted octanol–water partition coefficient (Wildman–Crippen LogP) is 4.43. The van der Waals surface area contributed by atoms with Crippen molar-refractivity contribution >= 4 is 52.3 Å². The van der Waals surface area contributed by atoms with Crippen LogP contribution in [0.4, 0.5) is 30.5 Å². The number of rotatable bonds is 6. The number of piperidine rings is 1. The molecule has 1 atom stereocenters. The maximum absolute atomic E-state index is 13.3. The highest BCUT2D eigenvalue weighted by atomic mass is 35.5. The van der Waals surface area contributed by atoms with E-state index in [1.54, 1.807) is 17.1 Å². The van der Waals surface area contributed by atoms with Crippen molar-refractivity contribution in [1.82, 2.24) is 30.0 Å². The molecule has 44 heavy (non-hydrogen) atoms. The zero-order chi connectivity index (χ0) is 31.8. The number of nitrogens with zero attached hydrogens (tertiary/aromatic N) is 7. The molecule has 12 nitrogen and oxygen atoms in total. The SMILES string of the molecule is CCC1CN(c2nc(N)c(-c3nnc(C)o3)nc2Cl)CCN1C1CCN(C(=O)c2ccc(Cl)cc2NC(=O)C(F)(F)F)CC1.